The van der Waals surface area contributed by atoms with Gasteiger partial charge in [0.2, 0.25) is 0 Å². The Bertz CT molecular complexity index is 562. The third-order valence-corrected chi connectivity index (χ3v) is 2.71. The summed E-state index contributed by atoms with van der Waals surface area (Å²) < 4.78 is 0.738. The zero-order valence-corrected chi connectivity index (χ0v) is 10.9. The lowest BCUT2D eigenvalue weighted by atomic mass is 10.2. The molecule has 6 heteroatoms. The van der Waals surface area contributed by atoms with E-state index in [0.717, 1.165) is 4.47 Å². The van der Waals surface area contributed by atoms with Gasteiger partial charge in [0.15, 0.2) is 5.15 Å². The van der Waals surface area contributed by atoms with Gasteiger partial charge in [0.25, 0.3) is 5.91 Å². The van der Waals surface area contributed by atoms with Gasteiger partial charge in [-0.2, -0.15) is 0 Å². The Balaban J connectivity index is 2.20. The van der Waals surface area contributed by atoms with Gasteiger partial charge in [0.1, 0.15) is 0 Å². The number of halogens is 2. The molecule has 0 bridgehead atoms. The van der Waals surface area contributed by atoms with Crippen molar-refractivity contribution >= 4 is 39.1 Å². The van der Waals surface area contributed by atoms with Gasteiger partial charge in [-0.1, -0.05) is 11.6 Å². The summed E-state index contributed by atoms with van der Waals surface area (Å²) >= 11 is 9.09. The fourth-order valence-electron chi connectivity index (χ4n) is 1.21. The maximum Gasteiger partial charge on any atom is 0.257 e. The number of aromatic nitrogens is 2. The summed E-state index contributed by atoms with van der Waals surface area (Å²) in [5.41, 5.74) is 0.915. The number of carbonyl (C=O) groups excluding carboxylic acids is 1. The number of hydrogen-bond donors (Lipinski definition) is 1. The van der Waals surface area contributed by atoms with Crippen LogP contribution in [0.5, 0.6) is 0 Å². The third-order valence-electron chi connectivity index (χ3n) is 1.97. The van der Waals surface area contributed by atoms with Gasteiger partial charge >= 0.3 is 0 Å². The number of amides is 1. The van der Waals surface area contributed by atoms with Crippen LogP contribution in [-0.2, 0) is 0 Å². The van der Waals surface area contributed by atoms with Gasteiger partial charge in [-0.3, -0.25) is 9.78 Å². The summed E-state index contributed by atoms with van der Waals surface area (Å²) in [4.78, 5) is 19.6. The number of pyridine rings is 2. The zero-order valence-electron chi connectivity index (χ0n) is 8.52. The molecule has 1 N–H and O–H groups in total. The van der Waals surface area contributed by atoms with Crippen LogP contribution in [0.15, 0.2) is 41.3 Å². The first-order valence-corrected chi connectivity index (χ1v) is 5.86. The second-order valence-corrected chi connectivity index (χ2v) is 4.46. The highest BCUT2D eigenvalue weighted by molar-refractivity contribution is 9.10. The molecule has 0 saturated carbocycles. The van der Waals surface area contributed by atoms with Crippen LogP contribution in [0.1, 0.15) is 10.4 Å². The van der Waals surface area contributed by atoms with Gasteiger partial charge in [0, 0.05) is 23.1 Å². The van der Waals surface area contributed by atoms with E-state index in [1.165, 1.54) is 6.20 Å². The molecule has 0 atom stereocenters. The van der Waals surface area contributed by atoms with Crippen LogP contribution < -0.4 is 5.32 Å². The molecule has 0 fully saturated rings. The topological polar surface area (TPSA) is 54.9 Å². The number of hydrogen-bond acceptors (Lipinski definition) is 3. The molecule has 0 spiro atoms. The molecule has 0 aliphatic heterocycles. The molecule has 86 valence electrons. The molecule has 17 heavy (non-hydrogen) atoms. The van der Waals surface area contributed by atoms with Crippen LogP contribution in [0.4, 0.5) is 5.69 Å². The van der Waals surface area contributed by atoms with Crippen molar-refractivity contribution in [1.82, 2.24) is 9.97 Å². The lowest BCUT2D eigenvalue weighted by Gasteiger charge is -2.05. The minimum Gasteiger partial charge on any atom is -0.319 e. The molecule has 2 aromatic rings. The minimum absolute atomic E-state index is 0.254. The highest BCUT2D eigenvalue weighted by Gasteiger charge is 2.09. The zero-order chi connectivity index (χ0) is 12.3. The molecule has 0 aliphatic carbocycles. The average Bonchev–Trinajstić information content (AvgIpc) is 2.32. The minimum atomic E-state index is -0.284. The Morgan fingerprint density at radius 1 is 1.41 bits per heavy atom. The Morgan fingerprint density at radius 2 is 2.24 bits per heavy atom. The summed E-state index contributed by atoms with van der Waals surface area (Å²) in [6, 6.07) is 5.05. The monoisotopic (exact) mass is 311 g/mol. The van der Waals surface area contributed by atoms with Crippen LogP contribution in [0, 0.1) is 0 Å². The normalized spacial score (nSPS) is 10.0. The van der Waals surface area contributed by atoms with Gasteiger partial charge in [0.05, 0.1) is 11.3 Å². The molecule has 2 heterocycles. The van der Waals surface area contributed by atoms with E-state index in [-0.39, 0.29) is 11.1 Å². The second kappa shape index (κ2) is 5.25. The van der Waals surface area contributed by atoms with E-state index in [1.54, 1.807) is 30.6 Å². The van der Waals surface area contributed by atoms with Gasteiger partial charge < -0.3 is 5.32 Å². The highest BCUT2D eigenvalue weighted by atomic mass is 79.9. The second-order valence-electron chi connectivity index (χ2n) is 3.19. The van der Waals surface area contributed by atoms with E-state index >= 15 is 0 Å². The van der Waals surface area contributed by atoms with E-state index in [2.05, 4.69) is 31.2 Å². The van der Waals surface area contributed by atoms with E-state index < -0.39 is 0 Å². The van der Waals surface area contributed by atoms with Crippen molar-refractivity contribution in [3.8, 4) is 0 Å². The largest absolute Gasteiger partial charge is 0.319 e. The van der Waals surface area contributed by atoms with Crippen molar-refractivity contribution in [3.63, 3.8) is 0 Å². The summed E-state index contributed by atoms with van der Waals surface area (Å²) in [5, 5.41) is 2.91. The molecular weight excluding hydrogens is 305 g/mol. The molecule has 1 amide bonds. The summed E-state index contributed by atoms with van der Waals surface area (Å²) in [6.45, 7) is 0. The standard InChI is InChI=1S/C11H7BrClN3O/c12-8-4-7(5-14-6-8)11(17)16-9-2-1-3-15-10(9)13/h1-6H,(H,16,17). The molecule has 2 rings (SSSR count). The quantitative estimate of drug-likeness (QED) is 0.867. The van der Waals surface area contributed by atoms with Gasteiger partial charge in [-0.05, 0) is 34.1 Å². The molecule has 4 nitrogen and oxygen atoms in total. The Kier molecular flexibility index (Phi) is 3.71. The Labute approximate surface area is 111 Å². The summed E-state index contributed by atoms with van der Waals surface area (Å²) in [6.07, 6.45) is 4.64. The predicted molar refractivity (Wildman–Crippen MR) is 69.1 cm³/mol. The number of rotatable bonds is 2. The maximum absolute atomic E-state index is 11.9. The van der Waals surface area contributed by atoms with Crippen molar-refractivity contribution in [2.45, 2.75) is 0 Å². The highest BCUT2D eigenvalue weighted by Crippen LogP contribution is 2.18. The third kappa shape index (κ3) is 3.01. The molecule has 0 aromatic carbocycles. The first kappa shape index (κ1) is 12.0. The van der Waals surface area contributed by atoms with Crippen LogP contribution in [0.25, 0.3) is 0 Å². The van der Waals surface area contributed by atoms with Crippen molar-refractivity contribution in [2.75, 3.05) is 5.32 Å². The molecule has 0 saturated heterocycles. The van der Waals surface area contributed by atoms with Crippen LogP contribution in [-0.4, -0.2) is 15.9 Å². The van der Waals surface area contributed by atoms with Crippen LogP contribution in [0.2, 0.25) is 5.15 Å². The van der Waals surface area contributed by atoms with Crippen LogP contribution >= 0.6 is 27.5 Å². The van der Waals surface area contributed by atoms with Crippen LogP contribution in [0.3, 0.4) is 0 Å². The lowest BCUT2D eigenvalue weighted by Crippen LogP contribution is -2.12. The van der Waals surface area contributed by atoms with Crippen molar-refractivity contribution < 1.29 is 4.79 Å². The fourth-order valence-corrected chi connectivity index (χ4v) is 1.74. The first-order valence-electron chi connectivity index (χ1n) is 4.69. The van der Waals surface area contributed by atoms with E-state index in [4.69, 9.17) is 11.6 Å². The summed E-state index contributed by atoms with van der Waals surface area (Å²) in [7, 11) is 0. The number of nitrogens with one attached hydrogen (secondary N) is 1. The van der Waals surface area contributed by atoms with Gasteiger partial charge in [-0.15, -0.1) is 0 Å². The Hall–Kier alpha value is -1.46. The number of nitrogens with zero attached hydrogens (tertiary/aromatic N) is 2. The van der Waals surface area contributed by atoms with E-state index in [0.29, 0.717) is 11.3 Å². The molecule has 0 aliphatic rings. The predicted octanol–water partition coefficient (Wildman–Crippen LogP) is 3.14. The van der Waals surface area contributed by atoms with E-state index in [9.17, 15) is 4.79 Å². The lowest BCUT2D eigenvalue weighted by molar-refractivity contribution is 0.102. The smallest absolute Gasteiger partial charge is 0.257 e. The molecule has 0 radical (unpaired) electrons. The maximum atomic E-state index is 11.9. The van der Waals surface area contributed by atoms with Crippen molar-refractivity contribution in [3.05, 3.63) is 52.0 Å². The number of anilines is 1. The van der Waals surface area contributed by atoms with Crippen molar-refractivity contribution in [2.24, 2.45) is 0 Å². The fraction of sp³-hybridized carbons (Fsp3) is 0. The SMILES string of the molecule is O=C(Nc1cccnc1Cl)c1cncc(Br)c1. The molecule has 2 aromatic heterocycles. The average molecular weight is 313 g/mol. The number of carbonyl (C=O) groups is 1. The first-order chi connectivity index (χ1) is 8.16. The Morgan fingerprint density at radius 3 is 2.94 bits per heavy atom. The summed E-state index contributed by atoms with van der Waals surface area (Å²) in [5.74, 6) is -0.284. The molecule has 0 unspecified atom stereocenters. The van der Waals surface area contributed by atoms with Crippen molar-refractivity contribution in [1.29, 1.82) is 0 Å². The van der Waals surface area contributed by atoms with E-state index in [1.807, 2.05) is 0 Å². The molecular formula is C11H7BrClN3O. The van der Waals surface area contributed by atoms with Gasteiger partial charge in [-0.25, -0.2) is 4.98 Å².